The van der Waals surface area contributed by atoms with Gasteiger partial charge in [0, 0.05) is 19.5 Å². The number of carbonyl (C=O) groups is 1. The molecule has 10 heavy (non-hydrogen) atoms. The highest BCUT2D eigenvalue weighted by atomic mass is 16.2. The van der Waals surface area contributed by atoms with E-state index in [1.54, 1.807) is 0 Å². The number of hydrazine groups is 1. The number of rotatable bonds is 0. The van der Waals surface area contributed by atoms with Crippen LogP contribution >= 0.6 is 0 Å². The topological polar surface area (TPSA) is 44.4 Å². The van der Waals surface area contributed by atoms with Crippen LogP contribution in [0.2, 0.25) is 0 Å². The lowest BCUT2D eigenvalue weighted by Crippen LogP contribution is -2.53. The van der Waals surface area contributed by atoms with Gasteiger partial charge in [-0.25, -0.2) is 5.01 Å². The average Bonchev–Trinajstić information content (AvgIpc) is 2.33. The van der Waals surface area contributed by atoms with Crippen LogP contribution in [0, 0.1) is 0 Å². The molecule has 2 aliphatic heterocycles. The number of amides is 1. The predicted molar refractivity (Wildman–Crippen MR) is 35.9 cm³/mol. The van der Waals surface area contributed by atoms with E-state index in [0.29, 0.717) is 6.42 Å². The maximum absolute atomic E-state index is 10.8. The summed E-state index contributed by atoms with van der Waals surface area (Å²) in [6, 6.07) is 0. The molecule has 2 saturated heterocycles. The van der Waals surface area contributed by atoms with E-state index in [2.05, 4.69) is 15.8 Å². The lowest BCUT2D eigenvalue weighted by Gasteiger charge is -2.28. The highest BCUT2D eigenvalue weighted by molar-refractivity contribution is 5.77. The number of fused-ring (bicyclic) bond motifs is 1. The molecule has 2 heterocycles. The molecule has 2 fully saturated rings. The Bertz CT molecular complexity index is 159. The van der Waals surface area contributed by atoms with E-state index >= 15 is 0 Å². The first-order chi connectivity index (χ1) is 4.86. The number of nitrogens with one attached hydrogen (secondary N) is 2. The van der Waals surface area contributed by atoms with Crippen LogP contribution in [0.5, 0.6) is 0 Å². The Morgan fingerprint density at radius 3 is 3.40 bits per heavy atom. The molecule has 0 aromatic carbocycles. The zero-order valence-corrected chi connectivity index (χ0v) is 5.76. The maximum Gasteiger partial charge on any atom is 0.222 e. The average molecular weight is 141 g/mol. The molecular weight excluding hydrogens is 130 g/mol. The van der Waals surface area contributed by atoms with Crippen molar-refractivity contribution in [3.8, 4) is 0 Å². The van der Waals surface area contributed by atoms with Crippen LogP contribution in [0.25, 0.3) is 0 Å². The summed E-state index contributed by atoms with van der Waals surface area (Å²) in [5.74, 6) is 0.185. The molecule has 0 aliphatic carbocycles. The molecule has 0 aromatic rings. The van der Waals surface area contributed by atoms with Gasteiger partial charge in [-0.05, 0) is 6.42 Å². The van der Waals surface area contributed by atoms with Gasteiger partial charge >= 0.3 is 0 Å². The molecule has 0 bridgehead atoms. The minimum Gasteiger partial charge on any atom is -0.339 e. The number of carbonyl (C=O) groups excluding carboxylic acids is 1. The molecule has 2 N–H and O–H groups in total. The molecule has 2 rings (SSSR count). The SMILES string of the molecule is O=C1CCN2NCCC2N1. The van der Waals surface area contributed by atoms with Crippen molar-refractivity contribution in [2.75, 3.05) is 13.1 Å². The van der Waals surface area contributed by atoms with E-state index in [9.17, 15) is 4.79 Å². The Morgan fingerprint density at radius 2 is 2.50 bits per heavy atom. The summed E-state index contributed by atoms with van der Waals surface area (Å²) in [4.78, 5) is 10.8. The second kappa shape index (κ2) is 2.21. The van der Waals surface area contributed by atoms with Gasteiger partial charge in [0.05, 0.1) is 6.17 Å². The predicted octanol–water partition coefficient (Wildman–Crippen LogP) is -0.957. The third kappa shape index (κ3) is 0.892. The van der Waals surface area contributed by atoms with Gasteiger partial charge in [-0.2, -0.15) is 0 Å². The summed E-state index contributed by atoms with van der Waals surface area (Å²) < 4.78 is 0. The molecule has 1 unspecified atom stereocenters. The second-order valence-electron chi connectivity index (χ2n) is 2.72. The van der Waals surface area contributed by atoms with Crippen LogP contribution in [0.3, 0.4) is 0 Å². The van der Waals surface area contributed by atoms with Crippen molar-refractivity contribution >= 4 is 5.91 Å². The first kappa shape index (κ1) is 6.12. The van der Waals surface area contributed by atoms with Crippen molar-refractivity contribution in [3.05, 3.63) is 0 Å². The highest BCUT2D eigenvalue weighted by Gasteiger charge is 2.29. The molecule has 0 saturated carbocycles. The van der Waals surface area contributed by atoms with E-state index in [0.717, 1.165) is 19.5 Å². The first-order valence-electron chi connectivity index (χ1n) is 3.66. The largest absolute Gasteiger partial charge is 0.339 e. The zero-order chi connectivity index (χ0) is 6.97. The van der Waals surface area contributed by atoms with E-state index in [1.165, 1.54) is 0 Å². The summed E-state index contributed by atoms with van der Waals surface area (Å²) in [5.41, 5.74) is 3.20. The molecular formula is C6H11N3O. The smallest absolute Gasteiger partial charge is 0.222 e. The monoisotopic (exact) mass is 141 g/mol. The quantitative estimate of drug-likeness (QED) is 0.457. The summed E-state index contributed by atoms with van der Waals surface area (Å²) in [6.07, 6.45) is 1.93. The lowest BCUT2D eigenvalue weighted by atomic mass is 10.2. The highest BCUT2D eigenvalue weighted by Crippen LogP contribution is 2.10. The summed E-state index contributed by atoms with van der Waals surface area (Å²) in [6.45, 7) is 1.85. The van der Waals surface area contributed by atoms with Crippen LogP contribution in [-0.4, -0.2) is 30.2 Å². The number of hydrogen-bond acceptors (Lipinski definition) is 3. The normalized spacial score (nSPS) is 33.6. The van der Waals surface area contributed by atoms with Gasteiger partial charge in [-0.3, -0.25) is 10.2 Å². The van der Waals surface area contributed by atoms with Crippen LogP contribution in [0.4, 0.5) is 0 Å². The minimum absolute atomic E-state index is 0.185. The molecule has 0 radical (unpaired) electrons. The molecule has 4 nitrogen and oxygen atoms in total. The minimum atomic E-state index is 0.185. The van der Waals surface area contributed by atoms with E-state index < -0.39 is 0 Å². The Balaban J connectivity index is 2.03. The fourth-order valence-corrected chi connectivity index (χ4v) is 1.48. The van der Waals surface area contributed by atoms with E-state index in [-0.39, 0.29) is 12.1 Å². The molecule has 1 atom stereocenters. The summed E-state index contributed by atoms with van der Waals surface area (Å²) in [7, 11) is 0. The first-order valence-corrected chi connectivity index (χ1v) is 3.66. The van der Waals surface area contributed by atoms with Gasteiger partial charge < -0.3 is 5.32 Å². The van der Waals surface area contributed by atoms with Gasteiger partial charge in [0.2, 0.25) is 5.91 Å². The summed E-state index contributed by atoms with van der Waals surface area (Å²) in [5, 5.41) is 5.00. The van der Waals surface area contributed by atoms with Crippen molar-refractivity contribution in [1.29, 1.82) is 0 Å². The van der Waals surface area contributed by atoms with Crippen molar-refractivity contribution in [1.82, 2.24) is 15.8 Å². The molecule has 4 heteroatoms. The third-order valence-electron chi connectivity index (χ3n) is 2.02. The Morgan fingerprint density at radius 1 is 1.60 bits per heavy atom. The van der Waals surface area contributed by atoms with E-state index in [4.69, 9.17) is 0 Å². The van der Waals surface area contributed by atoms with Crippen LogP contribution in [0.1, 0.15) is 12.8 Å². The van der Waals surface area contributed by atoms with Gasteiger partial charge in [-0.15, -0.1) is 0 Å². The van der Waals surface area contributed by atoms with Crippen LogP contribution in [0.15, 0.2) is 0 Å². The van der Waals surface area contributed by atoms with Crippen molar-refractivity contribution in [2.24, 2.45) is 0 Å². The third-order valence-corrected chi connectivity index (χ3v) is 2.02. The number of hydrogen-bond donors (Lipinski definition) is 2. The lowest BCUT2D eigenvalue weighted by molar-refractivity contribution is -0.126. The van der Waals surface area contributed by atoms with Crippen molar-refractivity contribution in [3.63, 3.8) is 0 Å². The maximum atomic E-state index is 10.8. The van der Waals surface area contributed by atoms with Crippen LogP contribution < -0.4 is 10.7 Å². The molecule has 2 aliphatic rings. The van der Waals surface area contributed by atoms with Gasteiger partial charge in [0.25, 0.3) is 0 Å². The van der Waals surface area contributed by atoms with Gasteiger partial charge in [-0.1, -0.05) is 0 Å². The molecule has 0 aromatic heterocycles. The second-order valence-corrected chi connectivity index (χ2v) is 2.72. The standard InChI is InChI=1S/C6H11N3O/c10-6-2-4-9-5(8-6)1-3-7-9/h5,7H,1-4H2,(H,8,10). The Kier molecular flexibility index (Phi) is 1.35. The number of nitrogens with zero attached hydrogens (tertiary/aromatic N) is 1. The van der Waals surface area contributed by atoms with Crippen molar-refractivity contribution in [2.45, 2.75) is 19.0 Å². The fourth-order valence-electron chi connectivity index (χ4n) is 1.48. The van der Waals surface area contributed by atoms with Gasteiger partial charge in [0.15, 0.2) is 0 Å². The van der Waals surface area contributed by atoms with E-state index in [1.807, 2.05) is 0 Å². The van der Waals surface area contributed by atoms with Gasteiger partial charge in [0.1, 0.15) is 0 Å². The molecule has 0 spiro atoms. The zero-order valence-electron chi connectivity index (χ0n) is 5.76. The Labute approximate surface area is 59.5 Å². The van der Waals surface area contributed by atoms with Crippen LogP contribution in [-0.2, 0) is 4.79 Å². The van der Waals surface area contributed by atoms with Crippen molar-refractivity contribution < 1.29 is 4.79 Å². The molecule has 1 amide bonds. The summed E-state index contributed by atoms with van der Waals surface area (Å²) >= 11 is 0. The fraction of sp³-hybridized carbons (Fsp3) is 0.833. The molecule has 56 valence electrons. The Hall–Kier alpha value is -0.610.